The van der Waals surface area contributed by atoms with E-state index in [1.54, 1.807) is 11.8 Å². The van der Waals surface area contributed by atoms with Crippen molar-refractivity contribution in [3.8, 4) is 0 Å². The zero-order valence-corrected chi connectivity index (χ0v) is 14.0. The molecule has 0 radical (unpaired) electrons. The predicted molar refractivity (Wildman–Crippen MR) is 89.7 cm³/mol. The summed E-state index contributed by atoms with van der Waals surface area (Å²) in [5.74, 6) is 0. The van der Waals surface area contributed by atoms with Crippen LogP contribution in [0.25, 0.3) is 0 Å². The molecule has 0 unspecified atom stereocenters. The maximum atomic E-state index is 12.1. The van der Waals surface area contributed by atoms with Crippen LogP contribution in [-0.4, -0.2) is 42.8 Å². The summed E-state index contributed by atoms with van der Waals surface area (Å²) in [6, 6.07) is 5.82. The number of benzene rings is 1. The second-order valence-electron chi connectivity index (χ2n) is 5.94. The van der Waals surface area contributed by atoms with E-state index in [2.05, 4.69) is 16.7 Å². The zero-order chi connectivity index (χ0) is 16.8. The molecular weight excluding hydrogens is 294 g/mol. The summed E-state index contributed by atoms with van der Waals surface area (Å²) in [7, 11) is 0. The van der Waals surface area contributed by atoms with Crippen LogP contribution in [0.3, 0.4) is 0 Å². The van der Waals surface area contributed by atoms with Gasteiger partial charge in [0.05, 0.1) is 6.61 Å². The van der Waals surface area contributed by atoms with E-state index in [0.29, 0.717) is 19.7 Å². The number of urea groups is 1. The van der Waals surface area contributed by atoms with Crippen LogP contribution in [0.15, 0.2) is 18.2 Å². The van der Waals surface area contributed by atoms with E-state index in [1.807, 2.05) is 26.0 Å². The Morgan fingerprint density at radius 3 is 2.35 bits per heavy atom. The summed E-state index contributed by atoms with van der Waals surface area (Å²) in [5.41, 5.74) is 3.02. The van der Waals surface area contributed by atoms with Gasteiger partial charge in [0.15, 0.2) is 0 Å². The number of hydrogen-bond acceptors (Lipinski definition) is 3. The first-order chi connectivity index (χ1) is 11.0. The molecule has 1 heterocycles. The van der Waals surface area contributed by atoms with E-state index in [9.17, 15) is 9.59 Å². The van der Waals surface area contributed by atoms with Gasteiger partial charge in [-0.05, 0) is 56.9 Å². The summed E-state index contributed by atoms with van der Waals surface area (Å²) in [5, 5.41) is 5.84. The van der Waals surface area contributed by atoms with Crippen molar-refractivity contribution in [2.45, 2.75) is 39.7 Å². The van der Waals surface area contributed by atoms with Gasteiger partial charge in [-0.2, -0.15) is 0 Å². The monoisotopic (exact) mass is 319 g/mol. The van der Waals surface area contributed by atoms with E-state index in [0.717, 1.165) is 29.7 Å². The van der Waals surface area contributed by atoms with Crippen LogP contribution in [-0.2, 0) is 4.74 Å². The Balaban J connectivity index is 1.79. The molecule has 1 aromatic rings. The number of carbonyl (C=O) groups excluding carboxylic acids is 2. The smallest absolute Gasteiger partial charge is 0.409 e. The summed E-state index contributed by atoms with van der Waals surface area (Å²) >= 11 is 0. The van der Waals surface area contributed by atoms with Crippen molar-refractivity contribution in [3.05, 3.63) is 29.3 Å². The molecule has 0 saturated carbocycles. The topological polar surface area (TPSA) is 70.7 Å². The van der Waals surface area contributed by atoms with Gasteiger partial charge < -0.3 is 20.3 Å². The number of nitrogens with one attached hydrogen (secondary N) is 2. The van der Waals surface area contributed by atoms with Crippen molar-refractivity contribution in [1.29, 1.82) is 0 Å². The van der Waals surface area contributed by atoms with Crippen molar-refractivity contribution >= 4 is 17.8 Å². The van der Waals surface area contributed by atoms with Gasteiger partial charge in [-0.1, -0.05) is 6.07 Å². The highest BCUT2D eigenvalue weighted by atomic mass is 16.6. The number of rotatable bonds is 3. The molecule has 0 bridgehead atoms. The van der Waals surface area contributed by atoms with Crippen LogP contribution < -0.4 is 10.6 Å². The van der Waals surface area contributed by atoms with Crippen LogP contribution in [0, 0.1) is 13.8 Å². The number of piperidine rings is 1. The first-order valence-corrected chi connectivity index (χ1v) is 8.05. The number of nitrogens with zero attached hydrogens (tertiary/aromatic N) is 1. The maximum absolute atomic E-state index is 12.1. The molecule has 6 nitrogen and oxygen atoms in total. The molecule has 126 valence electrons. The highest BCUT2D eigenvalue weighted by molar-refractivity contribution is 5.89. The molecule has 0 spiro atoms. The molecule has 0 aliphatic carbocycles. The van der Waals surface area contributed by atoms with Gasteiger partial charge in [0.2, 0.25) is 0 Å². The summed E-state index contributed by atoms with van der Waals surface area (Å²) in [6.45, 7) is 7.39. The van der Waals surface area contributed by atoms with Gasteiger partial charge in [0.25, 0.3) is 0 Å². The van der Waals surface area contributed by atoms with E-state index < -0.39 is 0 Å². The molecule has 0 aromatic heterocycles. The first-order valence-electron chi connectivity index (χ1n) is 8.05. The fraction of sp³-hybridized carbons (Fsp3) is 0.529. The predicted octanol–water partition coefficient (Wildman–Crippen LogP) is 3.05. The number of anilines is 1. The SMILES string of the molecule is CCOC(=O)N1CCC(NC(=O)Nc2cc(C)cc(C)c2)CC1. The van der Waals surface area contributed by atoms with Gasteiger partial charge in [-0.3, -0.25) is 0 Å². The fourth-order valence-corrected chi connectivity index (χ4v) is 2.82. The average Bonchev–Trinajstić information content (AvgIpc) is 2.47. The van der Waals surface area contributed by atoms with E-state index >= 15 is 0 Å². The van der Waals surface area contributed by atoms with Crippen LogP contribution >= 0.6 is 0 Å². The molecule has 23 heavy (non-hydrogen) atoms. The first kappa shape index (κ1) is 17.1. The molecule has 1 aliphatic rings. The molecule has 1 aromatic carbocycles. The summed E-state index contributed by atoms with van der Waals surface area (Å²) in [6.07, 6.45) is 1.20. The molecule has 1 saturated heterocycles. The second-order valence-corrected chi connectivity index (χ2v) is 5.94. The second kappa shape index (κ2) is 7.85. The van der Waals surface area contributed by atoms with Gasteiger partial charge >= 0.3 is 12.1 Å². The Kier molecular flexibility index (Phi) is 5.84. The molecular formula is C17H25N3O3. The van der Waals surface area contributed by atoms with Crippen molar-refractivity contribution in [2.75, 3.05) is 25.0 Å². The summed E-state index contributed by atoms with van der Waals surface area (Å²) < 4.78 is 4.99. The van der Waals surface area contributed by atoms with Crippen molar-refractivity contribution in [1.82, 2.24) is 10.2 Å². The quantitative estimate of drug-likeness (QED) is 0.899. The summed E-state index contributed by atoms with van der Waals surface area (Å²) in [4.78, 5) is 25.4. The molecule has 1 aliphatic heterocycles. The lowest BCUT2D eigenvalue weighted by Crippen LogP contribution is -2.47. The Morgan fingerprint density at radius 2 is 1.78 bits per heavy atom. The van der Waals surface area contributed by atoms with E-state index in [1.165, 1.54) is 0 Å². The van der Waals surface area contributed by atoms with Crippen LogP contribution in [0.1, 0.15) is 30.9 Å². The number of ether oxygens (including phenoxy) is 1. The van der Waals surface area contributed by atoms with Crippen molar-refractivity contribution in [2.24, 2.45) is 0 Å². The number of likely N-dealkylation sites (tertiary alicyclic amines) is 1. The van der Waals surface area contributed by atoms with Gasteiger partial charge in [-0.15, -0.1) is 0 Å². The Hall–Kier alpha value is -2.24. The third-order valence-corrected chi connectivity index (χ3v) is 3.84. The fourth-order valence-electron chi connectivity index (χ4n) is 2.82. The maximum Gasteiger partial charge on any atom is 0.409 e. The number of hydrogen-bond donors (Lipinski definition) is 2. The minimum Gasteiger partial charge on any atom is -0.450 e. The lowest BCUT2D eigenvalue weighted by Gasteiger charge is -2.31. The Bertz CT molecular complexity index is 546. The lowest BCUT2D eigenvalue weighted by atomic mass is 10.1. The Labute approximate surface area is 137 Å². The van der Waals surface area contributed by atoms with Gasteiger partial charge in [0, 0.05) is 24.8 Å². The molecule has 3 amide bonds. The molecule has 1 fully saturated rings. The molecule has 0 atom stereocenters. The highest BCUT2D eigenvalue weighted by Gasteiger charge is 2.24. The van der Waals surface area contributed by atoms with Gasteiger partial charge in [0.1, 0.15) is 0 Å². The zero-order valence-electron chi connectivity index (χ0n) is 14.0. The average molecular weight is 319 g/mol. The standard InChI is InChI=1S/C17H25N3O3/c1-4-23-17(22)20-7-5-14(6-8-20)18-16(21)19-15-10-12(2)9-13(3)11-15/h9-11,14H,4-8H2,1-3H3,(H2,18,19,21). The molecule has 6 heteroatoms. The third kappa shape index (κ3) is 5.16. The molecule has 2 rings (SSSR count). The molecule has 2 N–H and O–H groups in total. The third-order valence-electron chi connectivity index (χ3n) is 3.84. The Morgan fingerprint density at radius 1 is 1.17 bits per heavy atom. The van der Waals surface area contributed by atoms with Gasteiger partial charge in [-0.25, -0.2) is 9.59 Å². The van der Waals surface area contributed by atoms with Crippen LogP contribution in [0.4, 0.5) is 15.3 Å². The van der Waals surface area contributed by atoms with Crippen LogP contribution in [0.5, 0.6) is 0 Å². The lowest BCUT2D eigenvalue weighted by molar-refractivity contribution is 0.0959. The minimum atomic E-state index is -0.273. The number of aryl methyl sites for hydroxylation is 2. The highest BCUT2D eigenvalue weighted by Crippen LogP contribution is 2.15. The minimum absolute atomic E-state index is 0.0755. The van der Waals surface area contributed by atoms with E-state index in [4.69, 9.17) is 4.74 Å². The largest absolute Gasteiger partial charge is 0.450 e. The van der Waals surface area contributed by atoms with Crippen molar-refractivity contribution in [3.63, 3.8) is 0 Å². The normalized spacial score (nSPS) is 15.2. The number of amides is 3. The number of carbonyl (C=O) groups is 2. The van der Waals surface area contributed by atoms with E-state index in [-0.39, 0.29) is 18.2 Å². The van der Waals surface area contributed by atoms with Crippen molar-refractivity contribution < 1.29 is 14.3 Å². The van der Waals surface area contributed by atoms with Crippen LogP contribution in [0.2, 0.25) is 0 Å².